The maximum absolute atomic E-state index is 15.3. The maximum Gasteiger partial charge on any atom is 0.647 e. The van der Waals surface area contributed by atoms with Crippen LogP contribution in [0.4, 0.5) is 0 Å². The van der Waals surface area contributed by atoms with Crippen LogP contribution >= 0.6 is 7.82 Å². The van der Waals surface area contributed by atoms with Crippen LogP contribution in [0.15, 0.2) is 255 Å². The van der Waals surface area contributed by atoms with Gasteiger partial charge in [0, 0.05) is 16.2 Å². The van der Waals surface area contributed by atoms with Crippen LogP contribution in [0.5, 0.6) is 17.2 Å². The Hall–Kier alpha value is -7.39. The zero-order valence-electron chi connectivity index (χ0n) is 39.0. The van der Waals surface area contributed by atoms with Crippen molar-refractivity contribution in [1.82, 2.24) is 0 Å². The molecular weight excluding hydrogens is 852 g/mol. The van der Waals surface area contributed by atoms with Crippen LogP contribution in [0, 0.1) is 0 Å². The van der Waals surface area contributed by atoms with E-state index in [0.717, 1.165) is 36.0 Å². The lowest BCUT2D eigenvalue weighted by Gasteiger charge is -2.32. The summed E-state index contributed by atoms with van der Waals surface area (Å²) < 4.78 is 34.5. The monoisotopic (exact) mass is 908 g/mol. The van der Waals surface area contributed by atoms with Gasteiger partial charge in [-0.3, -0.25) is 0 Å². The highest BCUT2D eigenvalue weighted by atomic mass is 31.2. The smallest absolute Gasteiger partial charge is 0.386 e. The third-order valence-corrected chi connectivity index (χ3v) is 14.9. The summed E-state index contributed by atoms with van der Waals surface area (Å²) in [5.41, 5.74) is 9.50. The average molecular weight is 909 g/mol. The number of hydrogen-bond acceptors (Lipinski definition) is 4. The first-order valence-corrected chi connectivity index (χ1v) is 24.9. The highest BCUT2D eigenvalue weighted by molar-refractivity contribution is 7.49. The van der Waals surface area contributed by atoms with E-state index in [4.69, 9.17) is 13.6 Å². The average Bonchev–Trinajstić information content (AvgIpc) is 3.38. The van der Waals surface area contributed by atoms with Crippen LogP contribution in [-0.2, 0) is 40.1 Å². The van der Waals surface area contributed by atoms with Crippen LogP contribution in [0.3, 0.4) is 0 Å². The molecule has 0 radical (unpaired) electrons. The van der Waals surface area contributed by atoms with Gasteiger partial charge in [0.1, 0.15) is 17.2 Å². The van der Waals surface area contributed by atoms with E-state index >= 15 is 4.57 Å². The lowest BCUT2D eigenvalue weighted by atomic mass is 9.72. The van der Waals surface area contributed by atoms with E-state index < -0.39 is 7.82 Å². The van der Waals surface area contributed by atoms with E-state index in [-0.39, 0.29) is 16.2 Å². The molecule has 9 aromatic carbocycles. The van der Waals surface area contributed by atoms with Gasteiger partial charge >= 0.3 is 7.82 Å². The lowest BCUT2D eigenvalue weighted by Crippen LogP contribution is -2.26. The molecule has 3 atom stereocenters. The van der Waals surface area contributed by atoms with Gasteiger partial charge in [-0.25, -0.2) is 0 Å². The van der Waals surface area contributed by atoms with Crippen molar-refractivity contribution in [3.63, 3.8) is 0 Å². The molecule has 68 heavy (non-hydrogen) atoms. The molecule has 0 aliphatic carbocycles. The molecule has 0 spiro atoms. The molecule has 0 heterocycles. The van der Waals surface area contributed by atoms with Crippen molar-refractivity contribution in [2.75, 3.05) is 0 Å². The second-order valence-corrected chi connectivity index (χ2v) is 19.8. The molecular formula is C63H57O4P. The van der Waals surface area contributed by atoms with Crippen LogP contribution in [0.25, 0.3) is 0 Å². The second kappa shape index (κ2) is 20.2. The highest BCUT2D eigenvalue weighted by Crippen LogP contribution is 2.51. The summed E-state index contributed by atoms with van der Waals surface area (Å²) in [5.74, 6) is 1.08. The Bertz CT molecular complexity index is 2690. The zero-order chi connectivity index (χ0) is 46.9. The molecule has 0 aromatic heterocycles. The standard InChI is InChI=1S/C63H57O4P/c1-61(52-28-16-7-17-29-52,46-49-22-10-4-11-23-49)55-34-40-58(41-35-55)65-68(64,66-59-42-36-56(37-43-59)62(2,53-30-18-8-19-31-53)47-50-24-12-5-13-25-50)67-60-44-38-57(39-45-60)63(3,54-32-20-9-21-33-54)48-51-26-14-6-15-27-51/h4-45H,46-48H2,1-3H3. The van der Waals surface area contributed by atoms with Crippen molar-refractivity contribution in [2.45, 2.75) is 56.3 Å². The number of rotatable bonds is 18. The summed E-state index contributed by atoms with van der Waals surface area (Å²) in [5, 5.41) is 0. The summed E-state index contributed by atoms with van der Waals surface area (Å²) >= 11 is 0. The van der Waals surface area contributed by atoms with E-state index in [2.05, 4.69) is 166 Å². The summed E-state index contributed by atoms with van der Waals surface area (Å²) in [6, 6.07) is 86.7. The third kappa shape index (κ3) is 10.4. The van der Waals surface area contributed by atoms with Crippen molar-refractivity contribution in [3.05, 3.63) is 305 Å². The van der Waals surface area contributed by atoms with E-state index in [0.29, 0.717) is 17.2 Å². The Labute approximate surface area is 402 Å². The minimum atomic E-state index is -4.39. The number of benzene rings is 9. The zero-order valence-corrected chi connectivity index (χ0v) is 39.8. The van der Waals surface area contributed by atoms with Crippen molar-refractivity contribution >= 4 is 7.82 Å². The molecule has 0 fully saturated rings. The fourth-order valence-electron chi connectivity index (χ4n) is 9.64. The van der Waals surface area contributed by atoms with Gasteiger partial charge in [-0.15, -0.1) is 0 Å². The first-order chi connectivity index (χ1) is 33.1. The Balaban J connectivity index is 1.04. The van der Waals surface area contributed by atoms with E-state index in [1.165, 1.54) is 33.4 Å². The van der Waals surface area contributed by atoms with Gasteiger partial charge in [0.15, 0.2) is 0 Å². The number of phosphoric ester groups is 1. The van der Waals surface area contributed by atoms with Gasteiger partial charge in [0.25, 0.3) is 0 Å². The van der Waals surface area contributed by atoms with Gasteiger partial charge in [-0.2, -0.15) is 4.57 Å². The molecule has 0 saturated carbocycles. The largest absolute Gasteiger partial charge is 0.647 e. The lowest BCUT2D eigenvalue weighted by molar-refractivity contribution is 0.298. The Morgan fingerprint density at radius 2 is 0.471 bits per heavy atom. The molecule has 338 valence electrons. The van der Waals surface area contributed by atoms with Gasteiger partial charge in [0.05, 0.1) is 0 Å². The Morgan fingerprint density at radius 1 is 0.279 bits per heavy atom. The normalized spacial score (nSPS) is 14.8. The molecule has 0 aliphatic rings. The van der Waals surface area contributed by atoms with Crippen LogP contribution in [0.2, 0.25) is 0 Å². The number of phosphoric acid groups is 1. The van der Waals surface area contributed by atoms with E-state index in [1.807, 2.05) is 109 Å². The molecule has 0 aliphatic heterocycles. The first kappa shape index (κ1) is 45.8. The van der Waals surface area contributed by atoms with Crippen molar-refractivity contribution in [2.24, 2.45) is 0 Å². The van der Waals surface area contributed by atoms with Crippen molar-refractivity contribution in [3.8, 4) is 17.2 Å². The van der Waals surface area contributed by atoms with Gasteiger partial charge < -0.3 is 13.6 Å². The fourth-order valence-corrected chi connectivity index (χ4v) is 10.9. The predicted molar refractivity (Wildman–Crippen MR) is 278 cm³/mol. The van der Waals surface area contributed by atoms with Gasteiger partial charge in [0.2, 0.25) is 0 Å². The Morgan fingerprint density at radius 3 is 0.691 bits per heavy atom. The number of hydrogen-bond donors (Lipinski definition) is 0. The minimum absolute atomic E-state index is 0.356. The van der Waals surface area contributed by atoms with Crippen molar-refractivity contribution in [1.29, 1.82) is 0 Å². The fraction of sp³-hybridized carbons (Fsp3) is 0.143. The van der Waals surface area contributed by atoms with Gasteiger partial charge in [-0.05, 0) is 106 Å². The molecule has 3 unspecified atom stereocenters. The van der Waals surface area contributed by atoms with Crippen LogP contribution in [0.1, 0.15) is 70.8 Å². The molecule has 0 saturated heterocycles. The summed E-state index contributed by atoms with van der Waals surface area (Å²) in [6.07, 6.45) is 2.37. The molecule has 4 nitrogen and oxygen atoms in total. The molecule has 0 N–H and O–H groups in total. The summed E-state index contributed by atoms with van der Waals surface area (Å²) in [4.78, 5) is 0. The first-order valence-electron chi connectivity index (χ1n) is 23.4. The highest BCUT2D eigenvalue weighted by Gasteiger charge is 2.36. The molecule has 0 amide bonds. The maximum atomic E-state index is 15.3. The third-order valence-electron chi connectivity index (χ3n) is 13.6. The SMILES string of the molecule is CC(Cc1ccccc1)(c1ccccc1)c1ccc(OP(=O)(Oc2ccc(C(C)(Cc3ccccc3)c3ccccc3)cc2)Oc2ccc(C(C)(Cc3ccccc3)c3ccccc3)cc2)cc1. The second-order valence-electron chi connectivity index (χ2n) is 18.4. The molecule has 0 bridgehead atoms. The Kier molecular flexibility index (Phi) is 13.6. The van der Waals surface area contributed by atoms with E-state index in [9.17, 15) is 0 Å². The summed E-state index contributed by atoms with van der Waals surface area (Å²) in [7, 11) is -4.39. The summed E-state index contributed by atoms with van der Waals surface area (Å²) in [6.45, 7) is 6.79. The van der Waals surface area contributed by atoms with E-state index in [1.54, 1.807) is 0 Å². The van der Waals surface area contributed by atoms with Crippen LogP contribution < -0.4 is 13.6 Å². The van der Waals surface area contributed by atoms with Crippen molar-refractivity contribution < 1.29 is 18.1 Å². The molecule has 9 rings (SSSR count). The quantitative estimate of drug-likeness (QED) is 0.0805. The molecule has 9 aromatic rings. The molecule has 5 heteroatoms. The predicted octanol–water partition coefficient (Wildman–Crippen LogP) is 16.0. The van der Waals surface area contributed by atoms with Crippen LogP contribution in [-0.4, -0.2) is 0 Å². The minimum Gasteiger partial charge on any atom is -0.386 e. The van der Waals surface area contributed by atoms with Gasteiger partial charge in [-0.1, -0.05) is 239 Å². The topological polar surface area (TPSA) is 44.8 Å².